The van der Waals surface area contributed by atoms with Crippen LogP contribution >= 0.6 is 15.9 Å². The summed E-state index contributed by atoms with van der Waals surface area (Å²) >= 11 is 3.08. The van der Waals surface area contributed by atoms with E-state index in [9.17, 15) is 8.42 Å². The topological polar surface area (TPSA) is 105 Å². The summed E-state index contributed by atoms with van der Waals surface area (Å²) in [6.07, 6.45) is 0. The van der Waals surface area contributed by atoms with Crippen molar-refractivity contribution in [2.75, 3.05) is 18.9 Å². The summed E-state index contributed by atoms with van der Waals surface area (Å²) in [7, 11) is -3.93. The van der Waals surface area contributed by atoms with Crippen LogP contribution in [0.5, 0.6) is 11.5 Å². The van der Waals surface area contributed by atoms with E-state index in [0.29, 0.717) is 6.61 Å². The minimum Gasteiger partial charge on any atom is -0.486 e. The standard InChI is InChI=1S/C8H9BrN2O4S/c9-6-4(10)3-5-7(15-2-1-14-5)8(6)16(11,12)13/h3H,1-2,10H2,(H2,11,12,13). The Bertz CT molecular complexity index is 543. The lowest BCUT2D eigenvalue weighted by atomic mass is 10.2. The molecule has 1 heterocycles. The van der Waals surface area contributed by atoms with Gasteiger partial charge >= 0.3 is 0 Å². The SMILES string of the molecule is Nc1cc2c(c(S(N)(=O)=O)c1Br)OCCO2. The van der Waals surface area contributed by atoms with E-state index in [-0.39, 0.29) is 33.2 Å². The minimum atomic E-state index is -3.93. The molecule has 1 aromatic carbocycles. The van der Waals surface area contributed by atoms with Gasteiger partial charge in [-0.25, -0.2) is 13.6 Å². The maximum absolute atomic E-state index is 11.4. The number of primary sulfonamides is 1. The fourth-order valence-corrected chi connectivity index (χ4v) is 3.16. The van der Waals surface area contributed by atoms with Crippen molar-refractivity contribution in [1.82, 2.24) is 0 Å². The number of rotatable bonds is 1. The Morgan fingerprint density at radius 1 is 1.31 bits per heavy atom. The molecule has 6 nitrogen and oxygen atoms in total. The molecule has 0 saturated heterocycles. The zero-order valence-corrected chi connectivity index (χ0v) is 10.5. The molecule has 0 fully saturated rings. The largest absolute Gasteiger partial charge is 0.486 e. The molecule has 16 heavy (non-hydrogen) atoms. The van der Waals surface area contributed by atoms with Gasteiger partial charge in [-0.3, -0.25) is 0 Å². The Morgan fingerprint density at radius 2 is 1.94 bits per heavy atom. The second kappa shape index (κ2) is 3.79. The third-order valence-electron chi connectivity index (χ3n) is 2.04. The van der Waals surface area contributed by atoms with Gasteiger partial charge in [0.2, 0.25) is 10.0 Å². The number of hydrogen-bond donors (Lipinski definition) is 2. The predicted octanol–water partition coefficient (Wildman–Crippen LogP) is 0.450. The fourth-order valence-electron chi connectivity index (χ4n) is 1.41. The van der Waals surface area contributed by atoms with E-state index in [4.69, 9.17) is 20.3 Å². The van der Waals surface area contributed by atoms with Crippen LogP contribution in [0.4, 0.5) is 5.69 Å². The number of fused-ring (bicyclic) bond motifs is 1. The van der Waals surface area contributed by atoms with Crippen LogP contribution < -0.4 is 20.3 Å². The second-order valence-electron chi connectivity index (χ2n) is 3.18. The smallest absolute Gasteiger partial charge is 0.243 e. The van der Waals surface area contributed by atoms with Crippen LogP contribution in [0.25, 0.3) is 0 Å². The van der Waals surface area contributed by atoms with Gasteiger partial charge in [-0.2, -0.15) is 0 Å². The zero-order valence-electron chi connectivity index (χ0n) is 8.07. The molecule has 4 N–H and O–H groups in total. The first-order valence-electron chi connectivity index (χ1n) is 4.31. The van der Waals surface area contributed by atoms with E-state index in [1.54, 1.807) is 0 Å². The number of nitrogens with two attached hydrogens (primary N) is 2. The molecule has 0 aliphatic carbocycles. The lowest BCUT2D eigenvalue weighted by molar-refractivity contribution is 0.167. The second-order valence-corrected chi connectivity index (χ2v) is 5.47. The molecule has 2 rings (SSSR count). The van der Waals surface area contributed by atoms with Crippen molar-refractivity contribution in [3.63, 3.8) is 0 Å². The zero-order chi connectivity index (χ0) is 11.9. The highest BCUT2D eigenvalue weighted by molar-refractivity contribution is 9.10. The quantitative estimate of drug-likeness (QED) is 0.733. The summed E-state index contributed by atoms with van der Waals surface area (Å²) in [4.78, 5) is -0.179. The van der Waals surface area contributed by atoms with Crippen molar-refractivity contribution in [3.8, 4) is 11.5 Å². The van der Waals surface area contributed by atoms with Crippen LogP contribution in [0.3, 0.4) is 0 Å². The van der Waals surface area contributed by atoms with Gasteiger partial charge in [0.05, 0.1) is 10.2 Å². The highest BCUT2D eigenvalue weighted by Gasteiger charge is 2.27. The summed E-state index contributed by atoms with van der Waals surface area (Å²) in [6.45, 7) is 0.615. The van der Waals surface area contributed by atoms with Crippen molar-refractivity contribution in [1.29, 1.82) is 0 Å². The Kier molecular flexibility index (Phi) is 2.72. The minimum absolute atomic E-state index is 0.106. The van der Waals surface area contributed by atoms with Gasteiger partial charge in [0.15, 0.2) is 11.5 Å². The van der Waals surface area contributed by atoms with E-state index in [0.717, 1.165) is 0 Å². The molecule has 0 radical (unpaired) electrons. The van der Waals surface area contributed by atoms with E-state index >= 15 is 0 Å². The van der Waals surface area contributed by atoms with Crippen molar-refractivity contribution >= 4 is 31.6 Å². The van der Waals surface area contributed by atoms with Crippen LogP contribution in [-0.2, 0) is 10.0 Å². The van der Waals surface area contributed by atoms with Crippen molar-refractivity contribution < 1.29 is 17.9 Å². The van der Waals surface area contributed by atoms with Gasteiger partial charge in [0.1, 0.15) is 18.1 Å². The lowest BCUT2D eigenvalue weighted by Crippen LogP contribution is -2.21. The van der Waals surface area contributed by atoms with Crippen LogP contribution in [0, 0.1) is 0 Å². The maximum atomic E-state index is 11.4. The number of hydrogen-bond acceptors (Lipinski definition) is 5. The number of benzene rings is 1. The monoisotopic (exact) mass is 308 g/mol. The highest BCUT2D eigenvalue weighted by Crippen LogP contribution is 2.43. The van der Waals surface area contributed by atoms with Gasteiger partial charge in [0, 0.05) is 6.07 Å². The molecule has 0 amide bonds. The van der Waals surface area contributed by atoms with Crippen LogP contribution in [0.1, 0.15) is 0 Å². The molecule has 0 atom stereocenters. The van der Waals surface area contributed by atoms with Gasteiger partial charge in [-0.05, 0) is 15.9 Å². The van der Waals surface area contributed by atoms with E-state index in [1.807, 2.05) is 0 Å². The van der Waals surface area contributed by atoms with Crippen molar-refractivity contribution in [3.05, 3.63) is 10.5 Å². The van der Waals surface area contributed by atoms with E-state index in [1.165, 1.54) is 6.07 Å². The molecule has 1 aromatic rings. The Morgan fingerprint density at radius 3 is 2.56 bits per heavy atom. The van der Waals surface area contributed by atoms with E-state index in [2.05, 4.69) is 15.9 Å². The normalized spacial score (nSPS) is 14.9. The molecule has 88 valence electrons. The summed E-state index contributed by atoms with van der Waals surface area (Å²) < 4.78 is 33.6. The number of sulfonamides is 1. The van der Waals surface area contributed by atoms with Crippen LogP contribution in [-0.4, -0.2) is 21.6 Å². The Labute approximate surface area is 101 Å². The summed E-state index contributed by atoms with van der Waals surface area (Å²) in [6, 6.07) is 1.49. The lowest BCUT2D eigenvalue weighted by Gasteiger charge is -2.21. The number of halogens is 1. The molecular formula is C8H9BrN2O4S. The Balaban J connectivity index is 2.79. The fraction of sp³-hybridized carbons (Fsp3) is 0.250. The average molecular weight is 309 g/mol. The first-order valence-corrected chi connectivity index (χ1v) is 6.65. The molecule has 0 saturated carbocycles. The summed E-state index contributed by atoms with van der Waals surface area (Å²) in [5.74, 6) is 0.394. The highest BCUT2D eigenvalue weighted by atomic mass is 79.9. The third-order valence-corrected chi connectivity index (χ3v) is 4.12. The third kappa shape index (κ3) is 1.83. The van der Waals surface area contributed by atoms with Gasteiger partial charge in [0.25, 0.3) is 0 Å². The van der Waals surface area contributed by atoms with Crippen LogP contribution in [0.15, 0.2) is 15.4 Å². The van der Waals surface area contributed by atoms with Crippen molar-refractivity contribution in [2.24, 2.45) is 5.14 Å². The molecule has 8 heteroatoms. The molecule has 1 aliphatic heterocycles. The predicted molar refractivity (Wildman–Crippen MR) is 60.9 cm³/mol. The van der Waals surface area contributed by atoms with Crippen LogP contribution in [0.2, 0.25) is 0 Å². The first kappa shape index (κ1) is 11.5. The molecule has 0 aromatic heterocycles. The summed E-state index contributed by atoms with van der Waals surface area (Å²) in [5, 5.41) is 5.10. The number of nitrogen functional groups attached to an aromatic ring is 1. The van der Waals surface area contributed by atoms with Crippen molar-refractivity contribution in [2.45, 2.75) is 4.90 Å². The molecular weight excluding hydrogens is 300 g/mol. The number of ether oxygens (including phenoxy) is 2. The molecule has 0 bridgehead atoms. The average Bonchev–Trinajstić information content (AvgIpc) is 2.17. The summed E-state index contributed by atoms with van der Waals surface area (Å²) in [5.41, 5.74) is 5.87. The maximum Gasteiger partial charge on any atom is 0.243 e. The van der Waals surface area contributed by atoms with Gasteiger partial charge in [-0.1, -0.05) is 0 Å². The number of anilines is 1. The van der Waals surface area contributed by atoms with Gasteiger partial charge < -0.3 is 15.2 Å². The van der Waals surface area contributed by atoms with E-state index < -0.39 is 10.0 Å². The van der Waals surface area contributed by atoms with Gasteiger partial charge in [-0.15, -0.1) is 0 Å². The first-order chi connectivity index (χ1) is 7.41. The molecule has 0 unspecified atom stereocenters. The molecule has 0 spiro atoms. The Hall–Kier alpha value is -0.990. The molecule has 1 aliphatic rings.